The minimum absolute atomic E-state index is 0.137. The second-order valence-corrected chi connectivity index (χ2v) is 7.87. The van der Waals surface area contributed by atoms with Gasteiger partial charge in [-0.1, -0.05) is 41.9 Å². The van der Waals surface area contributed by atoms with Gasteiger partial charge in [-0.25, -0.2) is 4.99 Å². The topological polar surface area (TPSA) is 46.4 Å². The largest absolute Gasteiger partial charge is 0.316 e. The molecule has 1 amide bonds. The summed E-state index contributed by atoms with van der Waals surface area (Å²) in [5, 5.41) is 4.11. The normalized spacial score (nSPS) is 16.8. The first-order valence-electron chi connectivity index (χ1n) is 8.81. The van der Waals surface area contributed by atoms with Gasteiger partial charge in [0.1, 0.15) is 0 Å². The summed E-state index contributed by atoms with van der Waals surface area (Å²) in [6.45, 7) is 4.06. The third-order valence-corrected chi connectivity index (χ3v) is 5.72. The van der Waals surface area contributed by atoms with E-state index in [4.69, 9.17) is 11.6 Å². The molecule has 0 bridgehead atoms. The summed E-state index contributed by atoms with van der Waals surface area (Å²) in [5.41, 5.74) is 4.80. The summed E-state index contributed by atoms with van der Waals surface area (Å²) in [7, 11) is 0. The quantitative estimate of drug-likeness (QED) is 0.571. The SMILES string of the molecule is Cc1cc(/C=C2\SC(=Nc3ccccc3)NC2=O)c(C)n1-c1ccccc1Cl. The summed E-state index contributed by atoms with van der Waals surface area (Å²) >= 11 is 7.73. The van der Waals surface area contributed by atoms with Gasteiger partial charge >= 0.3 is 0 Å². The van der Waals surface area contributed by atoms with E-state index in [0.29, 0.717) is 15.1 Å². The lowest BCUT2D eigenvalue weighted by molar-refractivity contribution is -0.115. The highest BCUT2D eigenvalue weighted by molar-refractivity contribution is 8.18. The van der Waals surface area contributed by atoms with Crippen molar-refractivity contribution in [1.29, 1.82) is 0 Å². The Bertz CT molecular complexity index is 1120. The van der Waals surface area contributed by atoms with Gasteiger partial charge in [0.2, 0.25) is 0 Å². The van der Waals surface area contributed by atoms with Crippen molar-refractivity contribution in [2.75, 3.05) is 0 Å². The van der Waals surface area contributed by atoms with E-state index in [1.165, 1.54) is 11.8 Å². The Labute approximate surface area is 172 Å². The average molecular weight is 408 g/mol. The smallest absolute Gasteiger partial charge is 0.264 e. The van der Waals surface area contributed by atoms with E-state index in [9.17, 15) is 4.79 Å². The van der Waals surface area contributed by atoms with Crippen LogP contribution in [0.5, 0.6) is 0 Å². The van der Waals surface area contributed by atoms with Crippen LogP contribution in [0.2, 0.25) is 5.02 Å². The number of para-hydroxylation sites is 2. The van der Waals surface area contributed by atoms with Crippen molar-refractivity contribution in [3.05, 3.63) is 87.5 Å². The molecule has 0 radical (unpaired) electrons. The fourth-order valence-electron chi connectivity index (χ4n) is 3.18. The number of aliphatic imine (C=N–C) groups is 1. The van der Waals surface area contributed by atoms with Crippen molar-refractivity contribution < 1.29 is 4.79 Å². The number of carbonyl (C=O) groups is 1. The van der Waals surface area contributed by atoms with Crippen LogP contribution in [0.25, 0.3) is 11.8 Å². The van der Waals surface area contributed by atoms with E-state index < -0.39 is 0 Å². The van der Waals surface area contributed by atoms with Gasteiger partial charge in [-0.15, -0.1) is 0 Å². The predicted molar refractivity (Wildman–Crippen MR) is 118 cm³/mol. The molecular weight excluding hydrogens is 390 g/mol. The maximum Gasteiger partial charge on any atom is 0.264 e. The lowest BCUT2D eigenvalue weighted by atomic mass is 10.2. The average Bonchev–Trinajstić information content (AvgIpc) is 3.15. The molecule has 0 atom stereocenters. The Balaban J connectivity index is 1.67. The van der Waals surface area contributed by atoms with Gasteiger partial charge in [-0.2, -0.15) is 0 Å². The highest BCUT2D eigenvalue weighted by Crippen LogP contribution is 2.31. The van der Waals surface area contributed by atoms with Gasteiger partial charge in [0.05, 0.1) is 21.3 Å². The Hall–Kier alpha value is -2.76. The fraction of sp³-hybridized carbons (Fsp3) is 0.0909. The number of aryl methyl sites for hydroxylation is 1. The third kappa shape index (κ3) is 3.63. The maximum atomic E-state index is 12.4. The Morgan fingerprint density at radius 1 is 1.07 bits per heavy atom. The summed E-state index contributed by atoms with van der Waals surface area (Å²) < 4.78 is 2.10. The van der Waals surface area contributed by atoms with Gasteiger partial charge in [0.15, 0.2) is 5.17 Å². The molecule has 1 fully saturated rings. The number of nitrogens with one attached hydrogen (secondary N) is 1. The second kappa shape index (κ2) is 7.70. The van der Waals surface area contributed by atoms with Crippen LogP contribution in [0, 0.1) is 13.8 Å². The molecule has 0 unspecified atom stereocenters. The zero-order chi connectivity index (χ0) is 19.7. The van der Waals surface area contributed by atoms with E-state index in [1.54, 1.807) is 0 Å². The number of hydrogen-bond acceptors (Lipinski definition) is 3. The molecule has 1 aromatic heterocycles. The van der Waals surface area contributed by atoms with Gasteiger partial charge < -0.3 is 9.88 Å². The zero-order valence-electron chi connectivity index (χ0n) is 15.4. The number of carbonyl (C=O) groups excluding carboxylic acids is 1. The van der Waals surface area contributed by atoms with Gasteiger partial charge in [-0.3, -0.25) is 4.79 Å². The lowest BCUT2D eigenvalue weighted by Gasteiger charge is -2.11. The Morgan fingerprint density at radius 3 is 2.54 bits per heavy atom. The standard InChI is InChI=1S/C22H18ClN3OS/c1-14-12-16(15(2)26(14)19-11-7-6-10-18(19)23)13-20-21(27)25-22(28-20)24-17-8-4-3-5-9-17/h3-13H,1-2H3,(H,24,25,27)/b20-13-. The van der Waals surface area contributed by atoms with E-state index in [1.807, 2.05) is 74.5 Å². The molecule has 4 nitrogen and oxygen atoms in total. The number of benzene rings is 2. The molecule has 4 rings (SSSR count). The number of aromatic nitrogens is 1. The lowest BCUT2D eigenvalue weighted by Crippen LogP contribution is -2.19. The highest BCUT2D eigenvalue weighted by Gasteiger charge is 2.24. The summed E-state index contributed by atoms with van der Waals surface area (Å²) in [6.07, 6.45) is 1.91. The molecule has 1 aliphatic heterocycles. The van der Waals surface area contributed by atoms with Crippen molar-refractivity contribution in [3.63, 3.8) is 0 Å². The van der Waals surface area contributed by atoms with Crippen LogP contribution in [0.4, 0.5) is 5.69 Å². The zero-order valence-corrected chi connectivity index (χ0v) is 17.0. The molecular formula is C22H18ClN3OS. The molecule has 0 aliphatic carbocycles. The van der Waals surface area contributed by atoms with Gasteiger partial charge in [0, 0.05) is 11.4 Å². The number of amides is 1. The minimum Gasteiger partial charge on any atom is -0.316 e. The number of rotatable bonds is 3. The van der Waals surface area contributed by atoms with Crippen LogP contribution in [-0.4, -0.2) is 15.6 Å². The number of amidine groups is 1. The van der Waals surface area contributed by atoms with Crippen LogP contribution in [-0.2, 0) is 4.79 Å². The molecule has 0 spiro atoms. The third-order valence-electron chi connectivity index (χ3n) is 4.49. The first kappa shape index (κ1) is 18.6. The Kier molecular flexibility index (Phi) is 5.11. The van der Waals surface area contributed by atoms with E-state index in [-0.39, 0.29) is 5.91 Å². The highest BCUT2D eigenvalue weighted by atomic mass is 35.5. The number of hydrogen-bond donors (Lipinski definition) is 1. The molecule has 1 aliphatic rings. The van der Waals surface area contributed by atoms with Crippen molar-refractivity contribution >= 4 is 46.2 Å². The minimum atomic E-state index is -0.137. The first-order chi connectivity index (χ1) is 13.5. The van der Waals surface area contributed by atoms with Crippen LogP contribution >= 0.6 is 23.4 Å². The number of halogens is 1. The fourth-order valence-corrected chi connectivity index (χ4v) is 4.23. The van der Waals surface area contributed by atoms with Crippen molar-refractivity contribution in [1.82, 2.24) is 9.88 Å². The number of nitrogens with zero attached hydrogens (tertiary/aromatic N) is 2. The molecule has 6 heteroatoms. The van der Waals surface area contributed by atoms with Crippen molar-refractivity contribution in [2.45, 2.75) is 13.8 Å². The second-order valence-electron chi connectivity index (χ2n) is 6.43. The van der Waals surface area contributed by atoms with E-state index in [2.05, 4.69) is 20.9 Å². The van der Waals surface area contributed by atoms with Crippen molar-refractivity contribution in [2.24, 2.45) is 4.99 Å². The van der Waals surface area contributed by atoms with Crippen LogP contribution in [0.1, 0.15) is 17.0 Å². The molecule has 0 saturated carbocycles. The summed E-state index contributed by atoms with van der Waals surface area (Å²) in [4.78, 5) is 17.5. The molecule has 2 heterocycles. The Morgan fingerprint density at radius 2 is 1.79 bits per heavy atom. The van der Waals surface area contributed by atoms with Gasteiger partial charge in [-0.05, 0) is 67.6 Å². The molecule has 1 N–H and O–H groups in total. The molecule has 2 aromatic carbocycles. The molecule has 3 aromatic rings. The summed E-state index contributed by atoms with van der Waals surface area (Å²) in [6, 6.07) is 19.4. The maximum absolute atomic E-state index is 12.4. The number of thioether (sulfide) groups is 1. The van der Waals surface area contributed by atoms with Crippen LogP contribution < -0.4 is 5.32 Å². The molecule has 28 heavy (non-hydrogen) atoms. The van der Waals surface area contributed by atoms with Gasteiger partial charge in [0.25, 0.3) is 5.91 Å². The van der Waals surface area contributed by atoms with E-state index >= 15 is 0 Å². The van der Waals surface area contributed by atoms with E-state index in [0.717, 1.165) is 28.3 Å². The van der Waals surface area contributed by atoms with Crippen LogP contribution in [0.15, 0.2) is 70.6 Å². The first-order valence-corrected chi connectivity index (χ1v) is 10.0. The molecule has 140 valence electrons. The monoisotopic (exact) mass is 407 g/mol. The summed E-state index contributed by atoms with van der Waals surface area (Å²) in [5.74, 6) is -0.137. The predicted octanol–water partition coefficient (Wildman–Crippen LogP) is 5.64. The van der Waals surface area contributed by atoms with Crippen LogP contribution in [0.3, 0.4) is 0 Å². The van der Waals surface area contributed by atoms with Crippen molar-refractivity contribution in [3.8, 4) is 5.69 Å². The molecule has 1 saturated heterocycles.